The van der Waals surface area contributed by atoms with E-state index in [9.17, 15) is 4.79 Å². The number of hydrogen-bond donors (Lipinski definition) is 1. The quantitative estimate of drug-likeness (QED) is 0.438. The lowest BCUT2D eigenvalue weighted by Gasteiger charge is -2.23. The number of anilines is 1. The molecule has 2 unspecified atom stereocenters. The molecule has 28 heavy (non-hydrogen) atoms. The van der Waals surface area contributed by atoms with Crippen molar-refractivity contribution in [1.82, 2.24) is 0 Å². The van der Waals surface area contributed by atoms with Crippen LogP contribution in [0.3, 0.4) is 0 Å². The number of Topliss-reactive ketones (excluding diaryl/α,β-unsaturated/α-hetero) is 1. The van der Waals surface area contributed by atoms with Crippen LogP contribution in [0.5, 0.6) is 0 Å². The van der Waals surface area contributed by atoms with Crippen molar-refractivity contribution in [1.29, 1.82) is 0 Å². The Labute approximate surface area is 161 Å². The Kier molecular flexibility index (Phi) is 2.49. The lowest BCUT2D eigenvalue weighted by Crippen LogP contribution is -2.27. The fraction of sp³-hybridized carbons (Fsp3) is 0.0800. The van der Waals surface area contributed by atoms with Gasteiger partial charge in [-0.2, -0.15) is 0 Å². The zero-order valence-corrected chi connectivity index (χ0v) is 14.9. The molecule has 1 aromatic heterocycles. The molecule has 0 bridgehead atoms. The highest BCUT2D eigenvalue weighted by Crippen LogP contribution is 2.51. The van der Waals surface area contributed by atoms with Gasteiger partial charge in [0.25, 0.3) is 0 Å². The first-order chi connectivity index (χ1) is 13.8. The molecule has 1 N–H and O–H groups in total. The van der Waals surface area contributed by atoms with Crippen molar-refractivity contribution < 1.29 is 9.21 Å². The van der Waals surface area contributed by atoms with Gasteiger partial charge in [-0.3, -0.25) is 4.79 Å². The molecule has 0 radical (unpaired) electrons. The van der Waals surface area contributed by atoms with Gasteiger partial charge in [-0.05, 0) is 34.9 Å². The largest absolute Gasteiger partial charge is 0.456 e. The first kappa shape index (κ1) is 14.5. The number of carbonyl (C=O) groups excluding carboxylic acids is 1. The van der Waals surface area contributed by atoms with Gasteiger partial charge in [-0.15, -0.1) is 0 Å². The molecule has 132 valence electrons. The van der Waals surface area contributed by atoms with Gasteiger partial charge in [-0.25, -0.2) is 0 Å². The van der Waals surface area contributed by atoms with Gasteiger partial charge in [-0.1, -0.05) is 54.6 Å². The molecule has 4 aromatic rings. The molecule has 3 aromatic carbocycles. The zero-order valence-electron chi connectivity index (χ0n) is 14.9. The number of allylic oxidation sites excluding steroid dienone is 2. The minimum atomic E-state index is -0.0332. The summed E-state index contributed by atoms with van der Waals surface area (Å²) in [5.74, 6) is 0.273. The van der Waals surface area contributed by atoms with Crippen LogP contribution < -0.4 is 5.32 Å². The Morgan fingerprint density at radius 3 is 2.61 bits per heavy atom. The number of hydrogen-bond acceptors (Lipinski definition) is 3. The molecule has 0 spiro atoms. The first-order valence-corrected chi connectivity index (χ1v) is 9.58. The van der Waals surface area contributed by atoms with Gasteiger partial charge in [0, 0.05) is 33.5 Å². The standard InChI is InChI=1S/C25H15NO2/c27-25-15-6-2-1-5-13(15)14-9-10-17-21-18(26-24(17)23(14)25)11-12-20-22(21)16-7-3-4-8-19(16)28-20/h1-12,17,24,26H. The molecular weight excluding hydrogens is 346 g/mol. The second-order valence-electron chi connectivity index (χ2n) is 7.71. The molecular formula is C25H15NO2. The average molecular weight is 361 g/mol. The van der Waals surface area contributed by atoms with E-state index < -0.39 is 0 Å². The lowest BCUT2D eigenvalue weighted by atomic mass is 9.82. The Morgan fingerprint density at radius 1 is 0.857 bits per heavy atom. The smallest absolute Gasteiger partial charge is 0.192 e. The molecule has 3 nitrogen and oxygen atoms in total. The Hall–Kier alpha value is -3.59. The summed E-state index contributed by atoms with van der Waals surface area (Å²) in [6, 6.07) is 20.2. The molecule has 0 fully saturated rings. The highest BCUT2D eigenvalue weighted by molar-refractivity contribution is 6.24. The number of rotatable bonds is 0. The van der Waals surface area contributed by atoms with Crippen LogP contribution in [0.2, 0.25) is 0 Å². The lowest BCUT2D eigenvalue weighted by molar-refractivity contribution is 0.103. The van der Waals surface area contributed by atoms with Gasteiger partial charge in [0.05, 0.1) is 6.04 Å². The minimum absolute atomic E-state index is 0.0332. The van der Waals surface area contributed by atoms with Crippen molar-refractivity contribution in [3.05, 3.63) is 95.1 Å². The predicted molar refractivity (Wildman–Crippen MR) is 111 cm³/mol. The summed E-state index contributed by atoms with van der Waals surface area (Å²) in [5.41, 5.74) is 7.95. The fourth-order valence-electron chi connectivity index (χ4n) is 5.21. The van der Waals surface area contributed by atoms with E-state index in [4.69, 9.17) is 4.42 Å². The summed E-state index contributed by atoms with van der Waals surface area (Å²) in [4.78, 5) is 13.2. The van der Waals surface area contributed by atoms with E-state index in [0.717, 1.165) is 49.9 Å². The average Bonchev–Trinajstić information content (AvgIpc) is 3.37. The van der Waals surface area contributed by atoms with Crippen LogP contribution in [0.1, 0.15) is 27.4 Å². The van der Waals surface area contributed by atoms with Crippen molar-refractivity contribution in [2.75, 3.05) is 5.32 Å². The number of benzene rings is 3. The molecule has 0 saturated heterocycles. The molecule has 0 amide bonds. The predicted octanol–water partition coefficient (Wildman–Crippen LogP) is 5.68. The maximum absolute atomic E-state index is 13.2. The minimum Gasteiger partial charge on any atom is -0.456 e. The van der Waals surface area contributed by atoms with E-state index in [1.165, 1.54) is 5.56 Å². The number of ketones is 1. The van der Waals surface area contributed by atoms with Crippen molar-refractivity contribution in [2.45, 2.75) is 12.0 Å². The molecule has 7 rings (SSSR count). The maximum Gasteiger partial charge on any atom is 0.192 e. The second kappa shape index (κ2) is 4.82. The van der Waals surface area contributed by atoms with Crippen LogP contribution in [-0.4, -0.2) is 11.8 Å². The third kappa shape index (κ3) is 1.59. The zero-order chi connectivity index (χ0) is 18.4. The SMILES string of the molecule is O=C1C2=C(C=CC3c4c(ccc5oc6ccccc6c45)NC23)c2ccccc21. The molecule has 2 aliphatic carbocycles. The van der Waals surface area contributed by atoms with E-state index in [1.807, 2.05) is 48.5 Å². The van der Waals surface area contributed by atoms with Crippen LogP contribution in [0.25, 0.3) is 27.5 Å². The summed E-state index contributed by atoms with van der Waals surface area (Å²) in [6.45, 7) is 0. The topological polar surface area (TPSA) is 42.2 Å². The van der Waals surface area contributed by atoms with Crippen LogP contribution in [0, 0.1) is 0 Å². The van der Waals surface area contributed by atoms with Gasteiger partial charge in [0.15, 0.2) is 5.78 Å². The van der Waals surface area contributed by atoms with E-state index in [2.05, 4.69) is 29.6 Å². The third-order valence-corrected chi connectivity index (χ3v) is 6.36. The monoisotopic (exact) mass is 361 g/mol. The van der Waals surface area contributed by atoms with E-state index >= 15 is 0 Å². The number of carbonyl (C=O) groups is 1. The Morgan fingerprint density at radius 2 is 1.68 bits per heavy atom. The van der Waals surface area contributed by atoms with Crippen LogP contribution in [0.4, 0.5) is 5.69 Å². The summed E-state index contributed by atoms with van der Waals surface area (Å²) >= 11 is 0. The van der Waals surface area contributed by atoms with Crippen molar-refractivity contribution in [3.63, 3.8) is 0 Å². The Bertz CT molecular complexity index is 1420. The van der Waals surface area contributed by atoms with Gasteiger partial charge in [0.1, 0.15) is 11.2 Å². The normalized spacial score (nSPS) is 21.6. The molecule has 3 aliphatic rings. The van der Waals surface area contributed by atoms with E-state index in [1.54, 1.807) is 0 Å². The van der Waals surface area contributed by atoms with Crippen LogP contribution >= 0.6 is 0 Å². The summed E-state index contributed by atoms with van der Waals surface area (Å²) < 4.78 is 6.09. The van der Waals surface area contributed by atoms with E-state index in [-0.39, 0.29) is 17.7 Å². The number of nitrogens with one attached hydrogen (secondary N) is 1. The third-order valence-electron chi connectivity index (χ3n) is 6.36. The van der Waals surface area contributed by atoms with Gasteiger partial charge >= 0.3 is 0 Å². The Balaban J connectivity index is 1.47. The maximum atomic E-state index is 13.2. The number of furan rings is 1. The summed E-state index contributed by atoms with van der Waals surface area (Å²) in [5, 5.41) is 5.94. The fourth-order valence-corrected chi connectivity index (χ4v) is 5.21. The number of para-hydroxylation sites is 1. The molecule has 2 heterocycles. The van der Waals surface area contributed by atoms with Gasteiger partial charge < -0.3 is 9.73 Å². The molecule has 2 atom stereocenters. The van der Waals surface area contributed by atoms with Crippen LogP contribution in [-0.2, 0) is 0 Å². The van der Waals surface area contributed by atoms with Gasteiger partial charge in [0.2, 0.25) is 0 Å². The highest BCUT2D eigenvalue weighted by atomic mass is 16.3. The molecule has 0 saturated carbocycles. The second-order valence-corrected chi connectivity index (χ2v) is 7.71. The molecule has 3 heteroatoms. The first-order valence-electron chi connectivity index (χ1n) is 9.58. The summed E-state index contributed by atoms with van der Waals surface area (Å²) in [6.07, 6.45) is 4.39. The van der Waals surface area contributed by atoms with Crippen molar-refractivity contribution in [3.8, 4) is 0 Å². The number of fused-ring (bicyclic) bond motifs is 10. The summed E-state index contributed by atoms with van der Waals surface area (Å²) in [7, 11) is 0. The van der Waals surface area contributed by atoms with E-state index in [0.29, 0.717) is 0 Å². The molecule has 1 aliphatic heterocycles. The highest BCUT2D eigenvalue weighted by Gasteiger charge is 2.44. The van der Waals surface area contributed by atoms with Crippen LogP contribution in [0.15, 0.2) is 82.8 Å². The van der Waals surface area contributed by atoms with Crippen molar-refractivity contribution >= 4 is 39.0 Å². The van der Waals surface area contributed by atoms with Crippen molar-refractivity contribution in [2.24, 2.45) is 0 Å².